The van der Waals surface area contributed by atoms with Gasteiger partial charge in [0.05, 0.1) is 23.5 Å². The summed E-state index contributed by atoms with van der Waals surface area (Å²) in [4.78, 5) is 26.7. The molecule has 0 radical (unpaired) electrons. The lowest BCUT2D eigenvalue weighted by atomic mass is 10.0. The Kier molecular flexibility index (Phi) is 5.18. The van der Waals surface area contributed by atoms with E-state index in [0.717, 1.165) is 23.2 Å². The summed E-state index contributed by atoms with van der Waals surface area (Å²) in [6.07, 6.45) is 1.41. The van der Waals surface area contributed by atoms with Gasteiger partial charge < -0.3 is 10.5 Å². The Morgan fingerprint density at radius 1 is 1.23 bits per heavy atom. The van der Waals surface area contributed by atoms with Crippen molar-refractivity contribution in [2.75, 3.05) is 17.2 Å². The summed E-state index contributed by atoms with van der Waals surface area (Å²) < 4.78 is 5.09. The van der Waals surface area contributed by atoms with Gasteiger partial charge in [-0.25, -0.2) is 4.79 Å². The summed E-state index contributed by atoms with van der Waals surface area (Å²) in [7, 11) is 0. The number of carbonyl (C=O) groups is 2. The van der Waals surface area contributed by atoms with Crippen LogP contribution < -0.4 is 10.6 Å². The first-order valence-electron chi connectivity index (χ1n) is 8.59. The Morgan fingerprint density at radius 2 is 1.96 bits per heavy atom. The molecule has 136 valence electrons. The fourth-order valence-electron chi connectivity index (χ4n) is 3.23. The van der Waals surface area contributed by atoms with E-state index >= 15 is 0 Å². The Morgan fingerprint density at radius 3 is 2.65 bits per heavy atom. The van der Waals surface area contributed by atoms with Crippen LogP contribution in [0.3, 0.4) is 0 Å². The predicted octanol–water partition coefficient (Wildman–Crippen LogP) is 3.84. The van der Waals surface area contributed by atoms with Crippen LogP contribution >= 0.6 is 11.6 Å². The van der Waals surface area contributed by atoms with Gasteiger partial charge in [-0.15, -0.1) is 11.6 Å². The van der Waals surface area contributed by atoms with Crippen molar-refractivity contribution in [1.29, 1.82) is 0 Å². The summed E-state index contributed by atoms with van der Waals surface area (Å²) in [5.74, 6) is -0.728. The van der Waals surface area contributed by atoms with Gasteiger partial charge in [-0.2, -0.15) is 0 Å². The summed E-state index contributed by atoms with van der Waals surface area (Å²) in [5.41, 5.74) is 10.3. The number of halogens is 1. The fraction of sp³-hybridized carbons (Fsp3) is 0.300. The second-order valence-electron chi connectivity index (χ2n) is 6.20. The molecule has 1 amide bonds. The number of ether oxygens (including phenoxy) is 1. The first-order chi connectivity index (χ1) is 12.4. The lowest BCUT2D eigenvalue weighted by Crippen LogP contribution is -2.32. The first-order valence-corrected chi connectivity index (χ1v) is 9.03. The number of amides is 1. The third-order valence-electron chi connectivity index (χ3n) is 4.45. The van der Waals surface area contributed by atoms with Gasteiger partial charge >= 0.3 is 5.97 Å². The molecule has 0 saturated carbocycles. The van der Waals surface area contributed by atoms with E-state index in [1.165, 1.54) is 0 Å². The van der Waals surface area contributed by atoms with Crippen molar-refractivity contribution in [2.45, 2.75) is 32.1 Å². The van der Waals surface area contributed by atoms with E-state index in [2.05, 4.69) is 0 Å². The number of rotatable bonds is 3. The topological polar surface area (TPSA) is 72.6 Å². The number of alkyl halides is 1. The molecule has 26 heavy (non-hydrogen) atoms. The number of nitrogens with zero attached hydrogens (tertiary/aromatic N) is 1. The molecule has 1 unspecified atom stereocenters. The Balaban J connectivity index is 2.23. The minimum atomic E-state index is -0.721. The first kappa shape index (κ1) is 18.3. The smallest absolute Gasteiger partial charge is 0.338 e. The van der Waals surface area contributed by atoms with Crippen molar-refractivity contribution in [1.82, 2.24) is 0 Å². The number of esters is 1. The van der Waals surface area contributed by atoms with Gasteiger partial charge in [0.1, 0.15) is 5.38 Å². The van der Waals surface area contributed by atoms with Crippen molar-refractivity contribution in [2.24, 2.45) is 0 Å². The summed E-state index contributed by atoms with van der Waals surface area (Å²) >= 11 is 6.13. The minimum Gasteiger partial charge on any atom is -0.462 e. The van der Waals surface area contributed by atoms with Crippen molar-refractivity contribution < 1.29 is 14.3 Å². The van der Waals surface area contributed by atoms with Crippen molar-refractivity contribution in [3.63, 3.8) is 0 Å². The number of anilines is 3. The number of aryl methyl sites for hydroxylation is 1. The van der Waals surface area contributed by atoms with Gasteiger partial charge in [0.2, 0.25) is 5.91 Å². The average Bonchev–Trinajstić information content (AvgIpc) is 2.78. The van der Waals surface area contributed by atoms with E-state index in [4.69, 9.17) is 22.1 Å². The van der Waals surface area contributed by atoms with Crippen molar-refractivity contribution in [3.05, 3.63) is 53.1 Å². The number of hydrogen-bond donors (Lipinski definition) is 1. The van der Waals surface area contributed by atoms with Crippen LogP contribution in [0.5, 0.6) is 0 Å². The zero-order valence-corrected chi connectivity index (χ0v) is 15.5. The lowest BCUT2D eigenvalue weighted by molar-refractivity contribution is -0.117. The molecule has 0 fully saturated rings. The second-order valence-corrected chi connectivity index (χ2v) is 6.86. The van der Waals surface area contributed by atoms with E-state index < -0.39 is 11.3 Å². The molecular weight excluding hydrogens is 352 g/mol. The highest BCUT2D eigenvalue weighted by atomic mass is 35.5. The SMILES string of the molecule is CCOC(=O)c1cc(N)c2c(c1)N(C(=O)C(C)Cl)c1ccccc1CC2. The molecule has 1 heterocycles. The van der Waals surface area contributed by atoms with Gasteiger partial charge in [0, 0.05) is 5.69 Å². The predicted molar refractivity (Wildman–Crippen MR) is 103 cm³/mol. The summed E-state index contributed by atoms with van der Waals surface area (Å²) in [6.45, 7) is 3.64. The molecule has 0 saturated heterocycles. The zero-order chi connectivity index (χ0) is 18.8. The van der Waals surface area contributed by atoms with Crippen molar-refractivity contribution in [3.8, 4) is 0 Å². The molecule has 2 aromatic carbocycles. The average molecular weight is 373 g/mol. The highest BCUT2D eigenvalue weighted by Crippen LogP contribution is 2.40. The van der Waals surface area contributed by atoms with Crippen LogP contribution in [-0.4, -0.2) is 23.9 Å². The van der Waals surface area contributed by atoms with E-state index in [-0.39, 0.29) is 12.5 Å². The fourth-order valence-corrected chi connectivity index (χ4v) is 3.33. The summed E-state index contributed by atoms with van der Waals surface area (Å²) in [5, 5.41) is -0.721. The standard InChI is InChI=1S/C20H21ClN2O3/c1-3-26-20(25)14-10-16(22)15-9-8-13-6-4-5-7-17(13)23(18(15)11-14)19(24)12(2)21/h4-7,10-12H,3,8-9,22H2,1-2H3. The van der Waals surface area contributed by atoms with Gasteiger partial charge in [0.25, 0.3) is 0 Å². The van der Waals surface area contributed by atoms with E-state index in [1.54, 1.807) is 30.9 Å². The molecule has 0 bridgehead atoms. The highest BCUT2D eigenvalue weighted by Gasteiger charge is 2.30. The molecule has 0 spiro atoms. The van der Waals surface area contributed by atoms with Gasteiger partial charge in [-0.1, -0.05) is 18.2 Å². The molecular formula is C20H21ClN2O3. The van der Waals surface area contributed by atoms with Crippen LogP contribution in [-0.2, 0) is 22.4 Å². The molecule has 0 aliphatic carbocycles. The molecule has 1 aliphatic rings. The molecule has 2 N–H and O–H groups in total. The maximum absolute atomic E-state index is 12.9. The van der Waals surface area contributed by atoms with Crippen LogP contribution in [0.25, 0.3) is 0 Å². The normalized spacial score (nSPS) is 14.0. The number of nitrogens with two attached hydrogens (primary N) is 1. The van der Waals surface area contributed by atoms with Gasteiger partial charge in [-0.05, 0) is 56.0 Å². The Labute approximate surface area is 157 Å². The van der Waals surface area contributed by atoms with Crippen molar-refractivity contribution >= 4 is 40.5 Å². The molecule has 1 atom stereocenters. The zero-order valence-electron chi connectivity index (χ0n) is 14.8. The second kappa shape index (κ2) is 7.38. The molecule has 5 nitrogen and oxygen atoms in total. The van der Waals surface area contributed by atoms with Crippen LogP contribution in [0.15, 0.2) is 36.4 Å². The molecule has 6 heteroatoms. The Bertz CT molecular complexity index is 864. The van der Waals surface area contributed by atoms with Crippen LogP contribution in [0, 0.1) is 0 Å². The van der Waals surface area contributed by atoms with Crippen LogP contribution in [0.2, 0.25) is 0 Å². The minimum absolute atomic E-state index is 0.261. The summed E-state index contributed by atoms with van der Waals surface area (Å²) in [6, 6.07) is 11.0. The molecule has 0 aromatic heterocycles. The number of para-hydroxylation sites is 1. The van der Waals surface area contributed by atoms with Crippen LogP contribution in [0.1, 0.15) is 35.3 Å². The maximum Gasteiger partial charge on any atom is 0.338 e. The third-order valence-corrected chi connectivity index (χ3v) is 4.64. The monoisotopic (exact) mass is 372 g/mol. The van der Waals surface area contributed by atoms with Gasteiger partial charge in [0.15, 0.2) is 0 Å². The lowest BCUT2D eigenvalue weighted by Gasteiger charge is -2.27. The van der Waals surface area contributed by atoms with E-state index in [0.29, 0.717) is 23.4 Å². The number of benzene rings is 2. The van der Waals surface area contributed by atoms with E-state index in [9.17, 15) is 9.59 Å². The van der Waals surface area contributed by atoms with Crippen LogP contribution in [0.4, 0.5) is 17.1 Å². The number of hydrogen-bond acceptors (Lipinski definition) is 4. The largest absolute Gasteiger partial charge is 0.462 e. The molecule has 1 aliphatic heterocycles. The van der Waals surface area contributed by atoms with Gasteiger partial charge in [-0.3, -0.25) is 9.69 Å². The number of nitrogen functional groups attached to an aromatic ring is 1. The third kappa shape index (κ3) is 3.27. The maximum atomic E-state index is 12.9. The molecule has 3 rings (SSSR count). The number of fused-ring (bicyclic) bond motifs is 2. The quantitative estimate of drug-likeness (QED) is 0.504. The highest BCUT2D eigenvalue weighted by molar-refractivity contribution is 6.33. The Hall–Kier alpha value is -2.53. The number of carbonyl (C=O) groups excluding carboxylic acids is 2. The van der Waals surface area contributed by atoms with E-state index in [1.807, 2.05) is 24.3 Å². The molecule has 2 aromatic rings.